The molecule has 2 N–H and O–H groups in total. The normalized spacial score (nSPS) is 26.5. The van der Waals surface area contributed by atoms with E-state index in [0.29, 0.717) is 12.8 Å². The van der Waals surface area contributed by atoms with Crippen LogP contribution in [-0.4, -0.2) is 27.9 Å². The molecule has 4 nitrogen and oxygen atoms in total. The number of hydrogen-bond acceptors (Lipinski definition) is 4. The van der Waals surface area contributed by atoms with Crippen LogP contribution in [0.1, 0.15) is 84.0 Å². The van der Waals surface area contributed by atoms with Crippen LogP contribution in [0, 0.1) is 5.92 Å². The summed E-state index contributed by atoms with van der Waals surface area (Å²) in [5.74, 6) is -1.05. The lowest BCUT2D eigenvalue weighted by Crippen LogP contribution is -2.41. The van der Waals surface area contributed by atoms with Crippen molar-refractivity contribution in [1.82, 2.24) is 0 Å². The van der Waals surface area contributed by atoms with Crippen molar-refractivity contribution in [2.45, 2.75) is 95.7 Å². The zero-order chi connectivity index (χ0) is 17.1. The minimum absolute atomic E-state index is 0.146. The van der Waals surface area contributed by atoms with Crippen molar-refractivity contribution in [3.05, 3.63) is 12.2 Å². The lowest BCUT2D eigenvalue weighted by molar-refractivity contribution is -0.309. The number of carboxylic acid groups (broad SMARTS) is 1. The molecule has 23 heavy (non-hydrogen) atoms. The molecule has 0 amide bonds. The summed E-state index contributed by atoms with van der Waals surface area (Å²) in [5, 5.41) is 31.0. The van der Waals surface area contributed by atoms with Crippen molar-refractivity contribution in [1.29, 1.82) is 0 Å². The predicted octanol–water partition coefficient (Wildman–Crippen LogP) is 2.72. The van der Waals surface area contributed by atoms with Crippen LogP contribution in [0.5, 0.6) is 0 Å². The summed E-state index contributed by atoms with van der Waals surface area (Å²) in [7, 11) is 0. The van der Waals surface area contributed by atoms with E-state index >= 15 is 0 Å². The first kappa shape index (κ1) is 20.2. The van der Waals surface area contributed by atoms with E-state index in [-0.39, 0.29) is 12.3 Å². The fourth-order valence-corrected chi connectivity index (χ4v) is 3.49. The molecule has 1 unspecified atom stereocenters. The van der Waals surface area contributed by atoms with Gasteiger partial charge in [-0.15, -0.1) is 0 Å². The van der Waals surface area contributed by atoms with Crippen molar-refractivity contribution in [3.63, 3.8) is 0 Å². The number of aliphatic carboxylic acids is 1. The SMILES string of the molecule is CCCCCCCCC(O)/C=C/[C@H]1CCC[C@@](O)(CC(=O)[O-])C1. The van der Waals surface area contributed by atoms with E-state index in [2.05, 4.69) is 6.92 Å². The van der Waals surface area contributed by atoms with Crippen molar-refractivity contribution in [2.75, 3.05) is 0 Å². The molecule has 0 spiro atoms. The first-order chi connectivity index (χ1) is 10.9. The zero-order valence-corrected chi connectivity index (χ0v) is 14.5. The van der Waals surface area contributed by atoms with E-state index in [4.69, 9.17) is 0 Å². The van der Waals surface area contributed by atoms with Crippen molar-refractivity contribution >= 4 is 5.97 Å². The van der Waals surface area contributed by atoms with Gasteiger partial charge in [0.05, 0.1) is 11.7 Å². The summed E-state index contributed by atoms with van der Waals surface area (Å²) in [6, 6.07) is 0. The number of allylic oxidation sites excluding steroid dienone is 1. The second-order valence-electron chi connectivity index (χ2n) is 7.14. The Hall–Kier alpha value is -0.870. The minimum atomic E-state index is -1.19. The van der Waals surface area contributed by atoms with Gasteiger partial charge >= 0.3 is 0 Å². The molecule has 134 valence electrons. The molecular formula is C19H33O4-. The lowest BCUT2D eigenvalue weighted by atomic mass is 9.76. The Morgan fingerprint density at radius 2 is 2.00 bits per heavy atom. The van der Waals surface area contributed by atoms with E-state index in [1.165, 1.54) is 32.1 Å². The van der Waals surface area contributed by atoms with Gasteiger partial charge < -0.3 is 20.1 Å². The van der Waals surface area contributed by atoms with Crippen LogP contribution in [0.2, 0.25) is 0 Å². The topological polar surface area (TPSA) is 80.6 Å². The van der Waals surface area contributed by atoms with Crippen LogP contribution in [-0.2, 0) is 4.79 Å². The molecule has 0 bridgehead atoms. The third-order valence-electron chi connectivity index (χ3n) is 4.79. The maximum Gasteiger partial charge on any atom is 0.0721 e. The first-order valence-corrected chi connectivity index (χ1v) is 9.24. The largest absolute Gasteiger partial charge is 0.550 e. The highest BCUT2D eigenvalue weighted by Crippen LogP contribution is 2.35. The van der Waals surface area contributed by atoms with Crippen LogP contribution in [0.4, 0.5) is 0 Å². The number of carboxylic acids is 1. The average Bonchev–Trinajstić information content (AvgIpc) is 2.47. The molecule has 1 fully saturated rings. The highest BCUT2D eigenvalue weighted by molar-refractivity contribution is 5.65. The minimum Gasteiger partial charge on any atom is -0.550 e. The van der Waals surface area contributed by atoms with Crippen molar-refractivity contribution in [3.8, 4) is 0 Å². The van der Waals surface area contributed by atoms with Crippen molar-refractivity contribution < 1.29 is 20.1 Å². The number of carbonyl (C=O) groups excluding carboxylic acids is 1. The van der Waals surface area contributed by atoms with E-state index < -0.39 is 17.7 Å². The Labute approximate surface area is 140 Å². The van der Waals surface area contributed by atoms with Gasteiger partial charge in [-0.2, -0.15) is 0 Å². The number of hydrogen-bond donors (Lipinski definition) is 2. The molecule has 1 aliphatic rings. The molecule has 0 saturated heterocycles. The van der Waals surface area contributed by atoms with Gasteiger partial charge in [-0.3, -0.25) is 0 Å². The standard InChI is InChI=1S/C19H34O4/c1-2-3-4-5-6-7-10-17(20)12-11-16-9-8-13-19(23,14-16)15-18(21)22/h11-12,16-17,20,23H,2-10,13-15H2,1H3,(H,21,22)/p-1/b12-11+/t16-,17?,19+/m1/s1. The molecule has 0 aromatic rings. The van der Waals surface area contributed by atoms with Crippen LogP contribution >= 0.6 is 0 Å². The fraction of sp³-hybridized carbons (Fsp3) is 0.842. The van der Waals surface area contributed by atoms with Gasteiger partial charge in [0.15, 0.2) is 0 Å². The molecule has 3 atom stereocenters. The first-order valence-electron chi connectivity index (χ1n) is 9.24. The molecule has 0 aromatic carbocycles. The van der Waals surface area contributed by atoms with E-state index in [9.17, 15) is 20.1 Å². The van der Waals surface area contributed by atoms with Gasteiger partial charge in [-0.25, -0.2) is 0 Å². The lowest BCUT2D eigenvalue weighted by Gasteiger charge is -2.36. The average molecular weight is 325 g/mol. The van der Waals surface area contributed by atoms with Crippen LogP contribution in [0.25, 0.3) is 0 Å². The zero-order valence-electron chi connectivity index (χ0n) is 14.5. The fourth-order valence-electron chi connectivity index (χ4n) is 3.49. The monoisotopic (exact) mass is 325 g/mol. The van der Waals surface area contributed by atoms with Gasteiger partial charge in [0, 0.05) is 12.4 Å². The van der Waals surface area contributed by atoms with Crippen molar-refractivity contribution in [2.24, 2.45) is 5.92 Å². The molecule has 4 heteroatoms. The van der Waals surface area contributed by atoms with E-state index in [1.807, 2.05) is 12.2 Å². The van der Waals surface area contributed by atoms with Gasteiger partial charge in [-0.1, -0.05) is 57.6 Å². The Morgan fingerprint density at radius 1 is 1.30 bits per heavy atom. The summed E-state index contributed by atoms with van der Waals surface area (Å²) in [6.07, 6.45) is 13.8. The van der Waals surface area contributed by atoms with Crippen LogP contribution < -0.4 is 5.11 Å². The molecule has 1 saturated carbocycles. The maximum absolute atomic E-state index is 10.7. The van der Waals surface area contributed by atoms with Gasteiger partial charge in [-0.05, 0) is 38.0 Å². The van der Waals surface area contributed by atoms with Crippen LogP contribution in [0.15, 0.2) is 12.2 Å². The molecule has 1 rings (SSSR count). The third-order valence-corrected chi connectivity index (χ3v) is 4.79. The number of unbranched alkanes of at least 4 members (excludes halogenated alkanes) is 5. The molecule has 0 radical (unpaired) electrons. The maximum atomic E-state index is 10.7. The Kier molecular flexibility index (Phi) is 9.49. The Bertz CT molecular complexity index is 366. The van der Waals surface area contributed by atoms with E-state index in [0.717, 1.165) is 25.7 Å². The van der Waals surface area contributed by atoms with Gasteiger partial charge in [0.1, 0.15) is 0 Å². The third kappa shape index (κ3) is 9.11. The second kappa shape index (κ2) is 10.8. The summed E-state index contributed by atoms with van der Waals surface area (Å²) in [4.78, 5) is 10.7. The molecule has 0 aliphatic heterocycles. The molecule has 1 aliphatic carbocycles. The highest BCUT2D eigenvalue weighted by Gasteiger charge is 2.33. The second-order valence-corrected chi connectivity index (χ2v) is 7.14. The highest BCUT2D eigenvalue weighted by atomic mass is 16.4. The Balaban J connectivity index is 2.25. The number of carbonyl (C=O) groups is 1. The molecule has 0 aromatic heterocycles. The van der Waals surface area contributed by atoms with Crippen LogP contribution in [0.3, 0.4) is 0 Å². The number of rotatable bonds is 11. The predicted molar refractivity (Wildman–Crippen MR) is 89.7 cm³/mol. The smallest absolute Gasteiger partial charge is 0.0721 e. The molecule has 0 heterocycles. The summed E-state index contributed by atoms with van der Waals surface area (Å²) in [5.41, 5.74) is -1.14. The summed E-state index contributed by atoms with van der Waals surface area (Å²) >= 11 is 0. The molecular weight excluding hydrogens is 292 g/mol. The Morgan fingerprint density at radius 3 is 2.70 bits per heavy atom. The summed E-state index contributed by atoms with van der Waals surface area (Å²) in [6.45, 7) is 2.20. The van der Waals surface area contributed by atoms with Gasteiger partial charge in [0.2, 0.25) is 0 Å². The quantitative estimate of drug-likeness (QED) is 0.452. The van der Waals surface area contributed by atoms with E-state index in [1.54, 1.807) is 0 Å². The number of aliphatic hydroxyl groups excluding tert-OH is 1. The summed E-state index contributed by atoms with van der Waals surface area (Å²) < 4.78 is 0. The van der Waals surface area contributed by atoms with Gasteiger partial charge in [0.25, 0.3) is 0 Å². The number of aliphatic hydroxyl groups is 2.